The van der Waals surface area contributed by atoms with Crippen molar-refractivity contribution in [2.24, 2.45) is 11.8 Å². The number of aromatic nitrogens is 1. The van der Waals surface area contributed by atoms with E-state index >= 15 is 0 Å². The molecular formula is C31H39N3O6. The maximum atomic E-state index is 13.7. The van der Waals surface area contributed by atoms with Crippen molar-refractivity contribution in [3.8, 4) is 5.75 Å². The standard InChI is InChI=1S/C31H39N3O6/c1-20(33-29(37)23-12-14-32-15-13-23)27(35)18-24(16-22-8-10-25(39-3)11-9-22)30(38)34-26(17-21-6-4-5-7-21)28(36)31(2)19-40-31/h8-15,20-21,24,26H,4-7,16-19H2,1-3H3,(H,33,37)(H,34,38). The van der Waals surface area contributed by atoms with Gasteiger partial charge < -0.3 is 20.1 Å². The van der Waals surface area contributed by atoms with Crippen molar-refractivity contribution in [2.75, 3.05) is 13.7 Å². The molecule has 9 nitrogen and oxygen atoms in total. The Balaban J connectivity index is 1.48. The molecule has 2 heterocycles. The van der Waals surface area contributed by atoms with E-state index in [1.807, 2.05) is 12.1 Å². The lowest BCUT2D eigenvalue weighted by Gasteiger charge is -2.26. The highest BCUT2D eigenvalue weighted by Gasteiger charge is 2.50. The first kappa shape index (κ1) is 29.4. The van der Waals surface area contributed by atoms with Gasteiger partial charge in [-0.05, 0) is 62.4 Å². The van der Waals surface area contributed by atoms with E-state index in [1.165, 1.54) is 12.4 Å². The third kappa shape index (κ3) is 7.75. The number of epoxide rings is 1. The van der Waals surface area contributed by atoms with Gasteiger partial charge in [0.25, 0.3) is 5.91 Å². The number of nitrogens with one attached hydrogen (secondary N) is 2. The lowest BCUT2D eigenvalue weighted by molar-refractivity contribution is -0.134. The molecular weight excluding hydrogens is 510 g/mol. The number of Topliss-reactive ketones (excluding diaryl/α,β-unsaturated/α-hetero) is 2. The second-order valence-electron chi connectivity index (χ2n) is 11.2. The Hall–Kier alpha value is -3.59. The van der Waals surface area contributed by atoms with Gasteiger partial charge >= 0.3 is 0 Å². The van der Waals surface area contributed by atoms with Gasteiger partial charge in [0.15, 0.2) is 11.6 Å². The van der Waals surface area contributed by atoms with Gasteiger partial charge in [-0.3, -0.25) is 24.2 Å². The largest absolute Gasteiger partial charge is 0.497 e. The fourth-order valence-electron chi connectivity index (χ4n) is 5.31. The summed E-state index contributed by atoms with van der Waals surface area (Å²) in [5.74, 6) is -0.785. The molecule has 4 unspecified atom stereocenters. The molecule has 2 fully saturated rings. The Morgan fingerprint density at radius 1 is 1.05 bits per heavy atom. The number of ether oxygens (including phenoxy) is 2. The van der Waals surface area contributed by atoms with Crippen LogP contribution < -0.4 is 15.4 Å². The molecule has 1 saturated heterocycles. The SMILES string of the molecule is COc1ccc(CC(CC(=O)C(C)NC(=O)c2ccncc2)C(=O)NC(CC2CCCC2)C(=O)C2(C)CO2)cc1. The molecule has 0 bridgehead atoms. The average molecular weight is 550 g/mol. The van der Waals surface area contributed by atoms with E-state index in [0.717, 1.165) is 31.2 Å². The molecule has 1 saturated carbocycles. The maximum Gasteiger partial charge on any atom is 0.251 e. The highest BCUT2D eigenvalue weighted by molar-refractivity contribution is 5.99. The van der Waals surface area contributed by atoms with Crippen LogP contribution in [0.15, 0.2) is 48.8 Å². The Labute approximate surface area is 235 Å². The fraction of sp³-hybridized carbons (Fsp3) is 0.516. The number of hydrogen-bond acceptors (Lipinski definition) is 7. The second-order valence-corrected chi connectivity index (χ2v) is 11.2. The van der Waals surface area contributed by atoms with Crippen molar-refractivity contribution in [3.05, 3.63) is 59.9 Å². The van der Waals surface area contributed by atoms with Crippen LogP contribution in [0.4, 0.5) is 0 Å². The summed E-state index contributed by atoms with van der Waals surface area (Å²) >= 11 is 0. The van der Waals surface area contributed by atoms with E-state index in [0.29, 0.717) is 36.7 Å². The number of amides is 2. The third-order valence-corrected chi connectivity index (χ3v) is 8.01. The van der Waals surface area contributed by atoms with Gasteiger partial charge in [-0.15, -0.1) is 0 Å². The first-order chi connectivity index (χ1) is 19.2. The number of carbonyl (C=O) groups is 4. The Morgan fingerprint density at radius 3 is 2.30 bits per heavy atom. The predicted molar refractivity (Wildman–Crippen MR) is 149 cm³/mol. The van der Waals surface area contributed by atoms with E-state index in [1.54, 1.807) is 45.2 Å². The van der Waals surface area contributed by atoms with E-state index < -0.39 is 23.6 Å². The van der Waals surface area contributed by atoms with Gasteiger partial charge in [0.05, 0.1) is 25.8 Å². The summed E-state index contributed by atoms with van der Waals surface area (Å²) < 4.78 is 10.7. The maximum absolute atomic E-state index is 13.7. The van der Waals surface area contributed by atoms with Crippen LogP contribution >= 0.6 is 0 Å². The van der Waals surface area contributed by atoms with Crippen LogP contribution in [0, 0.1) is 11.8 Å². The normalized spacial score (nSPS) is 20.7. The Kier molecular flexibility index (Phi) is 9.68. The average Bonchev–Trinajstić information content (AvgIpc) is 3.50. The van der Waals surface area contributed by atoms with Crippen LogP contribution in [-0.4, -0.2) is 59.8 Å². The molecule has 4 atom stereocenters. The second kappa shape index (κ2) is 13.2. The number of rotatable bonds is 14. The fourth-order valence-corrected chi connectivity index (χ4v) is 5.31. The molecule has 4 rings (SSSR count). The Morgan fingerprint density at radius 2 is 1.70 bits per heavy atom. The molecule has 2 N–H and O–H groups in total. The number of methoxy groups -OCH3 is 1. The highest BCUT2D eigenvalue weighted by Crippen LogP contribution is 2.34. The van der Waals surface area contributed by atoms with Gasteiger partial charge in [-0.1, -0.05) is 37.8 Å². The van der Waals surface area contributed by atoms with Crippen LogP contribution in [0.5, 0.6) is 5.75 Å². The number of hydrogen-bond donors (Lipinski definition) is 2. The van der Waals surface area contributed by atoms with Crippen molar-refractivity contribution in [2.45, 2.75) is 76.5 Å². The van der Waals surface area contributed by atoms with Crippen molar-refractivity contribution >= 4 is 23.4 Å². The molecule has 9 heteroatoms. The van der Waals surface area contributed by atoms with Crippen LogP contribution in [0.25, 0.3) is 0 Å². The molecule has 40 heavy (non-hydrogen) atoms. The summed E-state index contributed by atoms with van der Waals surface area (Å²) in [6.45, 7) is 3.72. The van der Waals surface area contributed by atoms with E-state index in [2.05, 4.69) is 15.6 Å². The van der Waals surface area contributed by atoms with Crippen molar-refractivity contribution < 1.29 is 28.7 Å². The number of ketones is 2. The monoisotopic (exact) mass is 549 g/mol. The summed E-state index contributed by atoms with van der Waals surface area (Å²) in [6.07, 6.45) is 8.14. The lowest BCUT2D eigenvalue weighted by atomic mass is 9.88. The molecule has 1 aromatic heterocycles. The minimum absolute atomic E-state index is 0.0895. The summed E-state index contributed by atoms with van der Waals surface area (Å²) in [4.78, 5) is 56.8. The van der Waals surface area contributed by atoms with Crippen LogP contribution in [0.2, 0.25) is 0 Å². The van der Waals surface area contributed by atoms with Crippen LogP contribution in [-0.2, 0) is 25.5 Å². The topological polar surface area (TPSA) is 127 Å². The van der Waals surface area contributed by atoms with Gasteiger partial charge in [0.2, 0.25) is 5.91 Å². The molecule has 0 spiro atoms. The van der Waals surface area contributed by atoms with E-state index in [-0.39, 0.29) is 29.8 Å². The summed E-state index contributed by atoms with van der Waals surface area (Å²) in [7, 11) is 1.58. The zero-order chi connectivity index (χ0) is 28.7. The third-order valence-electron chi connectivity index (χ3n) is 8.01. The van der Waals surface area contributed by atoms with Crippen molar-refractivity contribution in [1.29, 1.82) is 0 Å². The Bertz CT molecular complexity index is 1190. The van der Waals surface area contributed by atoms with E-state index in [4.69, 9.17) is 9.47 Å². The summed E-state index contributed by atoms with van der Waals surface area (Å²) in [5, 5.41) is 5.72. The minimum atomic E-state index is -0.858. The smallest absolute Gasteiger partial charge is 0.251 e. The van der Waals surface area contributed by atoms with Gasteiger partial charge in [-0.25, -0.2) is 0 Å². The number of benzene rings is 1. The van der Waals surface area contributed by atoms with Gasteiger partial charge in [0, 0.05) is 30.3 Å². The molecule has 214 valence electrons. The van der Waals surface area contributed by atoms with Crippen molar-refractivity contribution in [1.82, 2.24) is 15.6 Å². The highest BCUT2D eigenvalue weighted by atomic mass is 16.6. The number of carbonyl (C=O) groups excluding carboxylic acids is 4. The van der Waals surface area contributed by atoms with Gasteiger partial charge in [0.1, 0.15) is 11.4 Å². The zero-order valence-electron chi connectivity index (χ0n) is 23.5. The first-order valence-corrected chi connectivity index (χ1v) is 14.0. The number of nitrogens with zero attached hydrogens (tertiary/aromatic N) is 1. The molecule has 0 radical (unpaired) electrons. The van der Waals surface area contributed by atoms with Crippen molar-refractivity contribution in [3.63, 3.8) is 0 Å². The van der Waals surface area contributed by atoms with Crippen LogP contribution in [0.3, 0.4) is 0 Å². The molecule has 1 aliphatic carbocycles. The number of pyridine rings is 1. The molecule has 1 aromatic carbocycles. The molecule has 2 aromatic rings. The molecule has 2 amide bonds. The quantitative estimate of drug-likeness (QED) is 0.346. The van der Waals surface area contributed by atoms with E-state index in [9.17, 15) is 19.2 Å². The summed E-state index contributed by atoms with van der Waals surface area (Å²) in [5.41, 5.74) is 0.397. The first-order valence-electron chi connectivity index (χ1n) is 14.0. The minimum Gasteiger partial charge on any atom is -0.497 e. The molecule has 2 aliphatic rings. The lowest BCUT2D eigenvalue weighted by Crippen LogP contribution is -2.49. The van der Waals surface area contributed by atoms with Gasteiger partial charge in [-0.2, -0.15) is 0 Å². The van der Waals surface area contributed by atoms with Crippen LogP contribution in [0.1, 0.15) is 68.3 Å². The molecule has 1 aliphatic heterocycles. The zero-order valence-corrected chi connectivity index (χ0v) is 23.5. The predicted octanol–water partition coefficient (Wildman–Crippen LogP) is 3.45. The summed E-state index contributed by atoms with van der Waals surface area (Å²) in [6, 6.07) is 9.00.